The van der Waals surface area contributed by atoms with E-state index in [1.807, 2.05) is 38.4 Å². The van der Waals surface area contributed by atoms with E-state index in [1.165, 1.54) is 5.69 Å². The largest absolute Gasteiger partial charge is 0.378 e. The zero-order chi connectivity index (χ0) is 6.69. The molecule has 51 valence electrons. The normalized spacial score (nSPS) is 8.20. The molecule has 0 unspecified atom stereocenters. The van der Waals surface area contributed by atoms with Gasteiger partial charge in [0, 0.05) is 19.8 Å². The quantitative estimate of drug-likeness (QED) is 0.526. The van der Waals surface area contributed by atoms with Gasteiger partial charge in [-0.2, -0.15) is 0 Å². The summed E-state index contributed by atoms with van der Waals surface area (Å²) in [5, 5.41) is 0. The molecule has 0 saturated heterocycles. The summed E-state index contributed by atoms with van der Waals surface area (Å²) >= 11 is 0. The van der Waals surface area contributed by atoms with Gasteiger partial charge in [-0.05, 0) is 18.2 Å². The van der Waals surface area contributed by atoms with Crippen LogP contribution in [0.25, 0.3) is 0 Å². The molecular weight excluding hydrogens is 134 g/mol. The number of hydrogen-bond acceptors (Lipinski definition) is 1. The fourth-order valence-corrected chi connectivity index (χ4v) is 0.676. The van der Waals surface area contributed by atoms with Gasteiger partial charge in [0.25, 0.3) is 0 Å². The fourth-order valence-electron chi connectivity index (χ4n) is 0.676. The first kappa shape index (κ1) is 9.79. The van der Waals surface area contributed by atoms with Crippen LogP contribution >= 0.6 is 0 Å². The van der Waals surface area contributed by atoms with Crippen LogP contribution in [0.2, 0.25) is 0 Å². The number of rotatable bonds is 1. The van der Waals surface area contributed by atoms with E-state index < -0.39 is 0 Å². The molecule has 0 aliphatic carbocycles. The van der Waals surface area contributed by atoms with Crippen LogP contribution < -0.4 is 4.90 Å². The van der Waals surface area contributed by atoms with Gasteiger partial charge >= 0.3 is 23.1 Å². The minimum absolute atomic E-state index is 0. The average molecular weight is 146 g/mol. The Bertz CT molecular complexity index is 172. The highest BCUT2D eigenvalue weighted by atomic mass is 24.3. The third-order valence-corrected chi connectivity index (χ3v) is 1.22. The Labute approximate surface area is 78.2 Å². The van der Waals surface area contributed by atoms with Crippen LogP contribution in [-0.4, -0.2) is 37.1 Å². The zero-order valence-corrected chi connectivity index (χ0v) is 5.76. The molecule has 1 nitrogen and oxygen atoms in total. The van der Waals surface area contributed by atoms with Crippen LogP contribution in [0.5, 0.6) is 0 Å². The lowest BCUT2D eigenvalue weighted by Gasteiger charge is -2.10. The highest BCUT2D eigenvalue weighted by Crippen LogP contribution is 2.06. The van der Waals surface area contributed by atoms with Crippen LogP contribution in [-0.2, 0) is 0 Å². The summed E-state index contributed by atoms with van der Waals surface area (Å²) in [4.78, 5) is 2.06. The SMILES string of the molecule is CN(C)c1cc[c]cc1.[MgH2]. The molecule has 1 aromatic rings. The van der Waals surface area contributed by atoms with E-state index in [1.54, 1.807) is 0 Å². The minimum atomic E-state index is 0. The van der Waals surface area contributed by atoms with E-state index in [-0.39, 0.29) is 23.1 Å². The van der Waals surface area contributed by atoms with E-state index in [9.17, 15) is 0 Å². The molecule has 0 bridgehead atoms. The van der Waals surface area contributed by atoms with Gasteiger partial charge in [-0.1, -0.05) is 12.1 Å². The van der Waals surface area contributed by atoms with Crippen LogP contribution in [0.15, 0.2) is 24.3 Å². The van der Waals surface area contributed by atoms with Crippen molar-refractivity contribution >= 4 is 28.7 Å². The minimum Gasteiger partial charge on any atom is -0.378 e. The van der Waals surface area contributed by atoms with Gasteiger partial charge in [0.1, 0.15) is 0 Å². The molecule has 0 atom stereocenters. The van der Waals surface area contributed by atoms with Crippen molar-refractivity contribution < 1.29 is 0 Å². The Balaban J connectivity index is 0.000000810. The highest BCUT2D eigenvalue weighted by molar-refractivity contribution is 5.75. The van der Waals surface area contributed by atoms with Gasteiger partial charge in [0.2, 0.25) is 0 Å². The molecule has 0 amide bonds. The van der Waals surface area contributed by atoms with Crippen molar-refractivity contribution in [2.45, 2.75) is 0 Å². The molecule has 1 aromatic carbocycles. The predicted molar refractivity (Wildman–Crippen MR) is 48.1 cm³/mol. The Morgan fingerprint density at radius 2 is 1.70 bits per heavy atom. The third-order valence-electron chi connectivity index (χ3n) is 1.22. The Hall–Kier alpha value is -0.214. The summed E-state index contributed by atoms with van der Waals surface area (Å²) in [7, 11) is 4.05. The van der Waals surface area contributed by atoms with Gasteiger partial charge in [-0.25, -0.2) is 0 Å². The molecule has 0 spiro atoms. The molecule has 0 aliphatic rings. The molecule has 0 heterocycles. The second-order valence-electron chi connectivity index (χ2n) is 2.15. The van der Waals surface area contributed by atoms with Crippen molar-refractivity contribution in [1.29, 1.82) is 0 Å². The molecule has 0 saturated carbocycles. The number of hydrogen-bond donors (Lipinski definition) is 0. The average Bonchev–Trinajstić information content (AvgIpc) is 1.90. The maximum Gasteiger partial charge on any atom is 0.316 e. The maximum atomic E-state index is 2.96. The van der Waals surface area contributed by atoms with Gasteiger partial charge in [0.05, 0.1) is 0 Å². The van der Waals surface area contributed by atoms with Crippen molar-refractivity contribution in [3.63, 3.8) is 0 Å². The summed E-state index contributed by atoms with van der Waals surface area (Å²) in [6.07, 6.45) is 0. The van der Waals surface area contributed by atoms with Crippen LogP contribution in [0.4, 0.5) is 5.69 Å². The Morgan fingerprint density at radius 1 is 1.20 bits per heavy atom. The molecule has 1 radical (unpaired) electrons. The second kappa shape index (κ2) is 4.58. The van der Waals surface area contributed by atoms with Gasteiger partial charge < -0.3 is 4.90 Å². The maximum absolute atomic E-state index is 2.96. The third kappa shape index (κ3) is 2.58. The molecule has 10 heavy (non-hydrogen) atoms. The Kier molecular flexibility index (Phi) is 4.48. The summed E-state index contributed by atoms with van der Waals surface area (Å²) in [6.45, 7) is 0. The standard InChI is InChI=1S/C8H10N.Mg.2H/c1-9(2)8-6-4-3-5-7-8;;;/h4-7H,1-2H3;;;. The second-order valence-corrected chi connectivity index (χ2v) is 2.15. The van der Waals surface area contributed by atoms with Gasteiger partial charge in [-0.3, -0.25) is 0 Å². The van der Waals surface area contributed by atoms with E-state index in [0.29, 0.717) is 0 Å². The first-order valence-corrected chi connectivity index (χ1v) is 2.94. The molecule has 1 rings (SSSR count). The number of nitrogens with zero attached hydrogens (tertiary/aromatic N) is 1. The first-order chi connectivity index (χ1) is 4.30. The first-order valence-electron chi connectivity index (χ1n) is 2.94. The fraction of sp³-hybridized carbons (Fsp3) is 0.250. The van der Waals surface area contributed by atoms with E-state index in [2.05, 4.69) is 11.0 Å². The lowest BCUT2D eigenvalue weighted by atomic mass is 10.3. The topological polar surface area (TPSA) is 3.24 Å². The smallest absolute Gasteiger partial charge is 0.316 e. The summed E-state index contributed by atoms with van der Waals surface area (Å²) < 4.78 is 0. The zero-order valence-electron chi connectivity index (χ0n) is 5.76. The van der Waals surface area contributed by atoms with E-state index in [4.69, 9.17) is 0 Å². The molecule has 0 aliphatic heterocycles. The number of benzene rings is 1. The van der Waals surface area contributed by atoms with E-state index in [0.717, 1.165) is 0 Å². The molecule has 0 aromatic heterocycles. The van der Waals surface area contributed by atoms with Crippen LogP contribution in [0.1, 0.15) is 0 Å². The predicted octanol–water partition coefficient (Wildman–Crippen LogP) is 0.637. The lowest BCUT2D eigenvalue weighted by Crippen LogP contribution is -2.07. The monoisotopic (exact) mass is 146 g/mol. The molecule has 0 fully saturated rings. The van der Waals surface area contributed by atoms with Crippen molar-refractivity contribution in [2.24, 2.45) is 0 Å². The van der Waals surface area contributed by atoms with Gasteiger partial charge in [0.15, 0.2) is 0 Å². The Morgan fingerprint density at radius 3 is 2.00 bits per heavy atom. The summed E-state index contributed by atoms with van der Waals surface area (Å²) in [5.41, 5.74) is 1.22. The van der Waals surface area contributed by atoms with Crippen molar-refractivity contribution in [1.82, 2.24) is 0 Å². The van der Waals surface area contributed by atoms with Crippen molar-refractivity contribution in [3.05, 3.63) is 30.3 Å². The molecular formula is C8H12MgN. The summed E-state index contributed by atoms with van der Waals surface area (Å²) in [5.74, 6) is 0. The van der Waals surface area contributed by atoms with E-state index >= 15 is 0 Å². The van der Waals surface area contributed by atoms with Crippen LogP contribution in [0, 0.1) is 6.07 Å². The number of anilines is 1. The molecule has 2 heteroatoms. The summed E-state index contributed by atoms with van der Waals surface area (Å²) in [6, 6.07) is 10.8. The molecule has 0 N–H and O–H groups in total. The lowest BCUT2D eigenvalue weighted by molar-refractivity contribution is 1.13. The van der Waals surface area contributed by atoms with Crippen molar-refractivity contribution in [3.8, 4) is 0 Å². The van der Waals surface area contributed by atoms with Gasteiger partial charge in [-0.15, -0.1) is 0 Å². The van der Waals surface area contributed by atoms with Crippen molar-refractivity contribution in [2.75, 3.05) is 19.0 Å². The highest BCUT2D eigenvalue weighted by Gasteiger charge is 1.87. The van der Waals surface area contributed by atoms with Crippen LogP contribution in [0.3, 0.4) is 0 Å².